The lowest BCUT2D eigenvalue weighted by Crippen LogP contribution is -2.18. The van der Waals surface area contributed by atoms with Gasteiger partial charge in [-0.05, 0) is 18.9 Å². The summed E-state index contributed by atoms with van der Waals surface area (Å²) >= 11 is 0. The topological polar surface area (TPSA) is 85.9 Å². The molecule has 0 spiro atoms. The van der Waals surface area contributed by atoms with E-state index >= 15 is 0 Å². The van der Waals surface area contributed by atoms with E-state index in [0.29, 0.717) is 12.2 Å². The highest BCUT2D eigenvalue weighted by Crippen LogP contribution is 2.02. The summed E-state index contributed by atoms with van der Waals surface area (Å²) in [5, 5.41) is 0. The van der Waals surface area contributed by atoms with E-state index in [-0.39, 0.29) is 11.8 Å². The number of rotatable bonds is 4. The Balaban J connectivity index is 2.73. The molecule has 0 saturated carbocycles. The van der Waals surface area contributed by atoms with Crippen molar-refractivity contribution in [2.24, 2.45) is 5.73 Å². The second-order valence-electron chi connectivity index (χ2n) is 3.76. The Hall–Kier alpha value is -1.01. The number of sulfone groups is 1. The van der Waals surface area contributed by atoms with Crippen LogP contribution in [0.3, 0.4) is 0 Å². The molecule has 1 rings (SSSR count). The molecule has 84 valence electrons. The standard InChI is InChI=1S/C9H15N3O2S/c1-7(10)3-8-4-11-9(12-5-8)6-15(2,13)14/h4-5,7H,3,6,10H2,1-2H3. The van der Waals surface area contributed by atoms with E-state index in [4.69, 9.17) is 5.73 Å². The van der Waals surface area contributed by atoms with Gasteiger partial charge < -0.3 is 5.73 Å². The van der Waals surface area contributed by atoms with Gasteiger partial charge in [0.15, 0.2) is 9.84 Å². The molecular formula is C9H15N3O2S. The Kier molecular flexibility index (Phi) is 3.76. The molecule has 0 aliphatic carbocycles. The first-order chi connectivity index (χ1) is 6.87. The molecule has 0 radical (unpaired) electrons. The first-order valence-corrected chi connectivity index (χ1v) is 6.66. The van der Waals surface area contributed by atoms with Gasteiger partial charge in [0.1, 0.15) is 11.6 Å². The van der Waals surface area contributed by atoms with Crippen LogP contribution in [0.15, 0.2) is 12.4 Å². The van der Waals surface area contributed by atoms with E-state index in [2.05, 4.69) is 9.97 Å². The van der Waals surface area contributed by atoms with Gasteiger partial charge in [-0.25, -0.2) is 18.4 Å². The fourth-order valence-electron chi connectivity index (χ4n) is 1.17. The molecule has 0 aliphatic rings. The molecule has 0 fully saturated rings. The van der Waals surface area contributed by atoms with Gasteiger partial charge in [0.2, 0.25) is 0 Å². The third-order valence-electron chi connectivity index (χ3n) is 1.71. The summed E-state index contributed by atoms with van der Waals surface area (Å²) in [6.45, 7) is 1.89. The second-order valence-corrected chi connectivity index (χ2v) is 5.90. The Bertz CT molecular complexity index is 411. The summed E-state index contributed by atoms with van der Waals surface area (Å²) in [6.07, 6.45) is 5.10. The van der Waals surface area contributed by atoms with Crippen molar-refractivity contribution in [3.8, 4) is 0 Å². The highest BCUT2D eigenvalue weighted by Gasteiger charge is 2.07. The molecule has 1 heterocycles. The number of aromatic nitrogens is 2. The van der Waals surface area contributed by atoms with Crippen molar-refractivity contribution in [2.45, 2.75) is 25.1 Å². The Labute approximate surface area is 89.7 Å². The SMILES string of the molecule is CC(N)Cc1cnc(CS(C)(=O)=O)nc1. The van der Waals surface area contributed by atoms with E-state index in [1.807, 2.05) is 6.92 Å². The van der Waals surface area contributed by atoms with Gasteiger partial charge in [-0.1, -0.05) is 0 Å². The molecule has 0 saturated heterocycles. The lowest BCUT2D eigenvalue weighted by molar-refractivity contribution is 0.599. The summed E-state index contributed by atoms with van der Waals surface area (Å²) in [5.74, 6) is 0.205. The molecule has 0 amide bonds. The van der Waals surface area contributed by atoms with Gasteiger partial charge in [-0.3, -0.25) is 0 Å². The van der Waals surface area contributed by atoms with Crippen LogP contribution in [0.4, 0.5) is 0 Å². The molecule has 6 heteroatoms. The largest absolute Gasteiger partial charge is 0.328 e. The zero-order valence-electron chi connectivity index (χ0n) is 8.84. The van der Waals surface area contributed by atoms with Crippen LogP contribution in [-0.2, 0) is 22.0 Å². The Morgan fingerprint density at radius 1 is 1.40 bits per heavy atom. The number of nitrogens with zero attached hydrogens (tertiary/aromatic N) is 2. The number of hydrogen-bond acceptors (Lipinski definition) is 5. The van der Waals surface area contributed by atoms with Crippen LogP contribution in [0.5, 0.6) is 0 Å². The maximum absolute atomic E-state index is 11.0. The van der Waals surface area contributed by atoms with Gasteiger partial charge in [-0.15, -0.1) is 0 Å². The second kappa shape index (κ2) is 4.67. The average Bonchev–Trinajstić information content (AvgIpc) is 2.05. The van der Waals surface area contributed by atoms with Crippen molar-refractivity contribution in [3.63, 3.8) is 0 Å². The number of nitrogens with two attached hydrogens (primary N) is 1. The number of hydrogen-bond donors (Lipinski definition) is 1. The van der Waals surface area contributed by atoms with Crippen LogP contribution in [0, 0.1) is 0 Å². The first kappa shape index (κ1) is 12.1. The Morgan fingerprint density at radius 2 is 1.93 bits per heavy atom. The van der Waals surface area contributed by atoms with Crippen molar-refractivity contribution in [2.75, 3.05) is 6.26 Å². The monoisotopic (exact) mass is 229 g/mol. The van der Waals surface area contributed by atoms with Crippen LogP contribution in [0.2, 0.25) is 0 Å². The summed E-state index contributed by atoms with van der Waals surface area (Å²) in [4.78, 5) is 7.94. The summed E-state index contributed by atoms with van der Waals surface area (Å²) in [6, 6.07) is 0.0503. The lowest BCUT2D eigenvalue weighted by Gasteiger charge is -2.04. The van der Waals surface area contributed by atoms with Crippen LogP contribution < -0.4 is 5.73 Å². The zero-order chi connectivity index (χ0) is 11.5. The zero-order valence-corrected chi connectivity index (χ0v) is 9.66. The first-order valence-electron chi connectivity index (χ1n) is 4.60. The van der Waals surface area contributed by atoms with Gasteiger partial charge in [-0.2, -0.15) is 0 Å². The predicted octanol–water partition coefficient (Wildman–Crippen LogP) is -0.0891. The minimum Gasteiger partial charge on any atom is -0.328 e. The fraction of sp³-hybridized carbons (Fsp3) is 0.556. The normalized spacial score (nSPS) is 13.8. The van der Waals surface area contributed by atoms with Crippen molar-refractivity contribution in [1.82, 2.24) is 9.97 Å². The van der Waals surface area contributed by atoms with Crippen molar-refractivity contribution in [1.29, 1.82) is 0 Å². The minimum absolute atomic E-state index is 0.0503. The molecule has 0 aromatic carbocycles. The Morgan fingerprint density at radius 3 is 2.33 bits per heavy atom. The van der Waals surface area contributed by atoms with Crippen molar-refractivity contribution in [3.05, 3.63) is 23.8 Å². The average molecular weight is 229 g/mol. The minimum atomic E-state index is -3.06. The van der Waals surface area contributed by atoms with E-state index in [0.717, 1.165) is 11.8 Å². The fourth-order valence-corrected chi connectivity index (χ4v) is 1.79. The van der Waals surface area contributed by atoms with Gasteiger partial charge in [0, 0.05) is 24.7 Å². The summed E-state index contributed by atoms with van der Waals surface area (Å²) < 4.78 is 21.9. The van der Waals surface area contributed by atoms with Gasteiger partial charge in [0.25, 0.3) is 0 Å². The molecule has 1 unspecified atom stereocenters. The van der Waals surface area contributed by atoms with E-state index in [1.165, 1.54) is 0 Å². The molecular weight excluding hydrogens is 214 g/mol. The molecule has 1 aromatic rings. The third-order valence-corrected chi connectivity index (χ3v) is 2.49. The quantitative estimate of drug-likeness (QED) is 0.780. The van der Waals surface area contributed by atoms with Crippen LogP contribution in [-0.4, -0.2) is 30.7 Å². The van der Waals surface area contributed by atoms with Crippen molar-refractivity contribution >= 4 is 9.84 Å². The lowest BCUT2D eigenvalue weighted by atomic mass is 10.1. The smallest absolute Gasteiger partial charge is 0.154 e. The van der Waals surface area contributed by atoms with E-state index < -0.39 is 9.84 Å². The van der Waals surface area contributed by atoms with Gasteiger partial charge >= 0.3 is 0 Å². The van der Waals surface area contributed by atoms with E-state index in [1.54, 1.807) is 12.4 Å². The van der Waals surface area contributed by atoms with E-state index in [9.17, 15) is 8.42 Å². The summed E-state index contributed by atoms with van der Waals surface area (Å²) in [7, 11) is -3.06. The third kappa shape index (κ3) is 4.85. The maximum Gasteiger partial charge on any atom is 0.154 e. The predicted molar refractivity (Wildman–Crippen MR) is 57.9 cm³/mol. The molecule has 1 atom stereocenters. The van der Waals surface area contributed by atoms with Crippen LogP contribution in [0.1, 0.15) is 18.3 Å². The van der Waals surface area contributed by atoms with Gasteiger partial charge in [0.05, 0.1) is 0 Å². The highest BCUT2D eigenvalue weighted by molar-refractivity contribution is 7.89. The molecule has 1 aromatic heterocycles. The van der Waals surface area contributed by atoms with Crippen LogP contribution in [0.25, 0.3) is 0 Å². The molecule has 2 N–H and O–H groups in total. The molecule has 5 nitrogen and oxygen atoms in total. The molecule has 0 bridgehead atoms. The van der Waals surface area contributed by atoms with Crippen LogP contribution >= 0.6 is 0 Å². The maximum atomic E-state index is 11.0. The molecule has 0 aliphatic heterocycles. The molecule has 15 heavy (non-hydrogen) atoms. The van der Waals surface area contributed by atoms with Crippen molar-refractivity contribution < 1.29 is 8.42 Å². The highest BCUT2D eigenvalue weighted by atomic mass is 32.2. The summed E-state index contributed by atoms with van der Waals surface area (Å²) in [5.41, 5.74) is 6.53.